The van der Waals surface area contributed by atoms with Gasteiger partial charge < -0.3 is 29.1 Å². The van der Waals surface area contributed by atoms with Crippen LogP contribution in [0.25, 0.3) is 102 Å². The van der Waals surface area contributed by atoms with Crippen molar-refractivity contribution >= 4 is 90.5 Å². The van der Waals surface area contributed by atoms with Gasteiger partial charge in [0.2, 0.25) is 0 Å². The van der Waals surface area contributed by atoms with E-state index >= 15 is 0 Å². The van der Waals surface area contributed by atoms with Crippen molar-refractivity contribution in [2.24, 2.45) is 0 Å². The highest BCUT2D eigenvalue weighted by Crippen LogP contribution is 2.35. The van der Waals surface area contributed by atoms with Gasteiger partial charge in [0.1, 0.15) is 0 Å². The van der Waals surface area contributed by atoms with E-state index < -0.39 is 0 Å². The second kappa shape index (κ2) is 32.7. The third-order valence-corrected chi connectivity index (χ3v) is 20.9. The number of unbranched alkanes of at least 4 members (excludes halogenated alkanes) is 18. The second-order valence-electron chi connectivity index (χ2n) is 28.1. The SMILES string of the molecule is CCCCCCc1c2nc(c(CCCCCC)c3ccc([nH]3)c(CCCCCC)c3nc(cc4ccc1[nH]4)c1n(-c4ccccc4)c4c5cc6ccc([nH]6)c(CCCCCC)c6nc(c(CCCCCC)c7ccc([nH]7)c(CCCCCC)c(n5)c=4n(-c4ccccc4)c3=1)C=C6)C=C2. The highest BCUT2D eigenvalue weighted by atomic mass is 15.1. The maximum atomic E-state index is 6.23. The topological polar surface area (TPSA) is 125 Å². The Balaban J connectivity index is 1.28. The quantitative estimate of drug-likeness (QED) is 0.0314. The molecule has 0 fully saturated rings. The lowest BCUT2D eigenvalue weighted by Crippen LogP contribution is -2.10. The first-order valence-electron chi connectivity index (χ1n) is 38.4. The van der Waals surface area contributed by atoms with Crippen LogP contribution < -0.4 is 0 Å². The number of para-hydroxylation sites is 2. The van der Waals surface area contributed by atoms with Crippen LogP contribution >= 0.6 is 0 Å². The summed E-state index contributed by atoms with van der Waals surface area (Å²) in [5.74, 6) is 0. The Morgan fingerprint density at radius 1 is 0.265 bits per heavy atom. The first-order chi connectivity index (χ1) is 48.4. The van der Waals surface area contributed by atoms with Crippen molar-refractivity contribution in [2.75, 3.05) is 0 Å². The standard InChI is InChI=1S/C88H106N10/c1-7-13-19-31-41-65-71-49-47-61(89-71)59-81-85-87(83(95-81)69(45-35-23-17-11-5)79-57-55-77(93-79)67(43-33-21-15-9-3)75-53-51-73(65)91-75)98(64-39-29-26-30-40-64)88-84-70(46-36-24-18-12-6)80-58-56-78(94-80)68(44-34-22-16-10-4)76-54-52-74(92-76)66(42-32-20-14-8-2)72-50-48-62(90-72)60-82(96-84)86(88)97(85)63-37-27-25-28-38-63/h25-30,37-40,47-60,89-90,93-94H,7-24,31-36,41-46H2,1-6H3. The van der Waals surface area contributed by atoms with E-state index in [-0.39, 0.29) is 0 Å². The maximum absolute atomic E-state index is 6.23. The predicted molar refractivity (Wildman–Crippen MR) is 416 cm³/mol. The van der Waals surface area contributed by atoms with Crippen molar-refractivity contribution in [2.45, 2.75) is 234 Å². The highest BCUT2D eigenvalue weighted by Gasteiger charge is 2.24. The van der Waals surface area contributed by atoms with Gasteiger partial charge in [-0.2, -0.15) is 0 Å². The Morgan fingerprint density at radius 2 is 0.541 bits per heavy atom. The van der Waals surface area contributed by atoms with Gasteiger partial charge in [0.05, 0.1) is 66.2 Å². The molecule has 16 bridgehead atoms. The lowest BCUT2D eigenvalue weighted by atomic mass is 10.0. The predicted octanol–water partition coefficient (Wildman–Crippen LogP) is 24.2. The van der Waals surface area contributed by atoms with Crippen molar-refractivity contribution in [3.63, 3.8) is 0 Å². The fourth-order valence-corrected chi connectivity index (χ4v) is 15.6. The monoisotopic (exact) mass is 1300 g/mol. The van der Waals surface area contributed by atoms with E-state index in [1.165, 1.54) is 123 Å². The van der Waals surface area contributed by atoms with Crippen LogP contribution in [-0.4, -0.2) is 49.0 Å². The van der Waals surface area contributed by atoms with Gasteiger partial charge in [-0.3, -0.25) is 0 Å². The van der Waals surface area contributed by atoms with E-state index in [0.29, 0.717) is 0 Å². The summed E-state index contributed by atoms with van der Waals surface area (Å²) in [4.78, 5) is 40.2. The van der Waals surface area contributed by atoms with Gasteiger partial charge in [0.25, 0.3) is 0 Å². The number of fused-ring (bicyclic) bond motifs is 20. The Hall–Kier alpha value is -8.76. The normalized spacial score (nSPS) is 12.3. The molecule has 6 aromatic heterocycles. The number of hydrogen-bond donors (Lipinski definition) is 4. The van der Waals surface area contributed by atoms with Crippen molar-refractivity contribution in [3.8, 4) is 11.4 Å². The Kier molecular flexibility index (Phi) is 22.6. The number of hydrogen-bond acceptors (Lipinski definition) is 4. The molecule has 10 heteroatoms. The summed E-state index contributed by atoms with van der Waals surface area (Å²) in [5, 5.41) is 4.16. The zero-order chi connectivity index (χ0) is 67.2. The molecule has 508 valence electrons. The van der Waals surface area contributed by atoms with Crippen molar-refractivity contribution in [1.82, 2.24) is 49.0 Å². The molecule has 98 heavy (non-hydrogen) atoms. The fourth-order valence-electron chi connectivity index (χ4n) is 15.6. The van der Waals surface area contributed by atoms with Crippen molar-refractivity contribution < 1.29 is 0 Å². The van der Waals surface area contributed by atoms with Gasteiger partial charge in [0.15, 0.2) is 0 Å². The minimum Gasteiger partial charge on any atom is -0.355 e. The number of aromatic nitrogens is 10. The zero-order valence-corrected chi connectivity index (χ0v) is 59.8. The first-order valence-corrected chi connectivity index (χ1v) is 38.4. The smallest absolute Gasteiger partial charge is 0.0990 e. The highest BCUT2D eigenvalue weighted by molar-refractivity contribution is 5.85. The number of aromatic amines is 4. The molecule has 0 radical (unpaired) electrons. The lowest BCUT2D eigenvalue weighted by molar-refractivity contribution is 0.666. The molecule has 2 aromatic carbocycles. The summed E-state index contributed by atoms with van der Waals surface area (Å²) in [6.07, 6.45) is 42.4. The number of aryl methyl sites for hydroxylation is 6. The van der Waals surface area contributed by atoms with Gasteiger partial charge in [-0.05, 0) is 186 Å². The van der Waals surface area contributed by atoms with E-state index in [2.05, 4.69) is 216 Å². The molecule has 0 saturated carbocycles. The van der Waals surface area contributed by atoms with Crippen LogP contribution in [0.4, 0.5) is 0 Å². The second-order valence-corrected chi connectivity index (χ2v) is 28.1. The van der Waals surface area contributed by atoms with Gasteiger partial charge in [-0.25, -0.2) is 19.9 Å². The molecule has 5 aliphatic rings. The summed E-state index contributed by atoms with van der Waals surface area (Å²) in [7, 11) is 0. The molecule has 10 nitrogen and oxygen atoms in total. The number of H-pyrrole nitrogens is 4. The molecule has 0 spiro atoms. The molecule has 8 aromatic rings. The third-order valence-electron chi connectivity index (χ3n) is 20.9. The van der Waals surface area contributed by atoms with Crippen LogP contribution in [0.2, 0.25) is 0 Å². The summed E-state index contributed by atoms with van der Waals surface area (Å²) < 4.78 is 5.16. The zero-order valence-electron chi connectivity index (χ0n) is 59.8. The first kappa shape index (κ1) is 67.8. The van der Waals surface area contributed by atoms with Crippen LogP contribution in [0.15, 0.2) is 121 Å². The van der Waals surface area contributed by atoms with Crippen molar-refractivity contribution in [1.29, 1.82) is 0 Å². The summed E-state index contributed by atoms with van der Waals surface area (Å²) in [6, 6.07) is 45.6. The molecule has 0 atom stereocenters. The molecule has 4 N–H and O–H groups in total. The molecule has 11 heterocycles. The average molecular weight is 1300 g/mol. The Bertz CT molecular complexity index is 4750. The van der Waals surface area contributed by atoms with Gasteiger partial charge in [-0.1, -0.05) is 194 Å². The van der Waals surface area contributed by atoms with E-state index in [1.807, 2.05) is 0 Å². The van der Waals surface area contributed by atoms with E-state index in [1.54, 1.807) is 0 Å². The third kappa shape index (κ3) is 14.8. The fraction of sp³-hybridized carbons (Fsp3) is 0.409. The minimum atomic E-state index is 0.839. The number of benzene rings is 2. The van der Waals surface area contributed by atoms with E-state index in [0.717, 1.165) is 224 Å². The number of rotatable bonds is 32. The number of nitrogens with one attached hydrogen (secondary N) is 4. The van der Waals surface area contributed by atoms with Crippen LogP contribution in [0.5, 0.6) is 0 Å². The Morgan fingerprint density at radius 3 is 0.857 bits per heavy atom. The van der Waals surface area contributed by atoms with E-state index in [4.69, 9.17) is 19.9 Å². The van der Waals surface area contributed by atoms with Gasteiger partial charge in [0, 0.05) is 88.9 Å². The molecule has 5 aliphatic heterocycles. The summed E-state index contributed by atoms with van der Waals surface area (Å²) in [5.41, 5.74) is 26.4. The molecule has 0 amide bonds. The molecule has 0 aliphatic carbocycles. The lowest BCUT2D eigenvalue weighted by Gasteiger charge is -2.16. The molecule has 13 rings (SSSR count). The van der Waals surface area contributed by atoms with Crippen LogP contribution in [0, 0.1) is 21.4 Å². The number of nitrogens with zero attached hydrogens (tertiary/aromatic N) is 6. The molecule has 0 unspecified atom stereocenters. The van der Waals surface area contributed by atoms with Crippen LogP contribution in [0.3, 0.4) is 0 Å². The van der Waals surface area contributed by atoms with Crippen molar-refractivity contribution in [3.05, 3.63) is 199 Å². The molecular weight excluding hydrogens is 1200 g/mol. The van der Waals surface area contributed by atoms with Crippen LogP contribution in [0.1, 0.15) is 252 Å². The van der Waals surface area contributed by atoms with E-state index in [9.17, 15) is 0 Å². The molecule has 0 saturated heterocycles. The Labute approximate surface area is 580 Å². The van der Waals surface area contributed by atoms with Gasteiger partial charge in [-0.15, -0.1) is 0 Å². The largest absolute Gasteiger partial charge is 0.355 e. The maximum Gasteiger partial charge on any atom is 0.0990 e. The average Bonchev–Trinajstić information content (AvgIpc) is 1.52. The minimum absolute atomic E-state index is 0.839. The van der Waals surface area contributed by atoms with Crippen LogP contribution in [-0.2, 0) is 38.5 Å². The van der Waals surface area contributed by atoms with Gasteiger partial charge >= 0.3 is 0 Å². The summed E-state index contributed by atoms with van der Waals surface area (Å²) in [6.45, 7) is 13.9. The molecular formula is C88H106N10. The summed E-state index contributed by atoms with van der Waals surface area (Å²) >= 11 is 0.